The number of esters is 1. The Kier molecular flexibility index (Phi) is 3.97. The Morgan fingerprint density at radius 1 is 1.59 bits per heavy atom. The fourth-order valence-electron chi connectivity index (χ4n) is 2.02. The number of rotatable bonds is 2. The number of aromatic nitrogens is 1. The number of hydrogen-bond donors (Lipinski definition) is 1. The van der Waals surface area contributed by atoms with Gasteiger partial charge in [0.1, 0.15) is 0 Å². The molecule has 1 aliphatic heterocycles. The number of carbonyl (C=O) groups is 1. The summed E-state index contributed by atoms with van der Waals surface area (Å²) in [5, 5.41) is 3.29. The fraction of sp³-hybridized carbons (Fsp3) is 0.500. The van der Waals surface area contributed by atoms with E-state index in [4.69, 9.17) is 11.6 Å². The lowest BCUT2D eigenvalue weighted by Crippen LogP contribution is -2.36. The topological polar surface area (TPSA) is 51.2 Å². The minimum Gasteiger partial charge on any atom is -0.465 e. The minimum absolute atomic E-state index is 0.0558. The van der Waals surface area contributed by atoms with Gasteiger partial charge in [0, 0.05) is 24.4 Å². The van der Waals surface area contributed by atoms with Gasteiger partial charge in [-0.2, -0.15) is 0 Å². The first-order valence-corrected chi connectivity index (χ1v) is 6.05. The van der Waals surface area contributed by atoms with Gasteiger partial charge in [-0.05, 0) is 25.1 Å². The third kappa shape index (κ3) is 2.76. The Morgan fingerprint density at radius 3 is 3.00 bits per heavy atom. The lowest BCUT2D eigenvalue weighted by Gasteiger charge is -2.27. The summed E-state index contributed by atoms with van der Waals surface area (Å²) >= 11 is 6.25. The zero-order valence-corrected chi connectivity index (χ0v) is 10.4. The molecule has 0 aliphatic carbocycles. The van der Waals surface area contributed by atoms with E-state index in [1.54, 1.807) is 12.3 Å². The van der Waals surface area contributed by atoms with Crippen LogP contribution in [0.3, 0.4) is 0 Å². The van der Waals surface area contributed by atoms with Crippen molar-refractivity contribution >= 4 is 17.6 Å². The van der Waals surface area contributed by atoms with Crippen LogP contribution >= 0.6 is 11.6 Å². The zero-order chi connectivity index (χ0) is 12.3. The standard InChI is InChI=1S/C12H15ClN2O2/c1-17-12(16)8-2-3-11(15-6-8)9-4-5-14-7-10(9)13/h2-3,6,9-10,14H,4-5,7H2,1H3. The van der Waals surface area contributed by atoms with Crippen molar-refractivity contribution in [2.75, 3.05) is 20.2 Å². The zero-order valence-electron chi connectivity index (χ0n) is 9.65. The van der Waals surface area contributed by atoms with Crippen molar-refractivity contribution in [3.8, 4) is 0 Å². The Morgan fingerprint density at radius 2 is 2.41 bits per heavy atom. The van der Waals surface area contributed by atoms with Crippen LogP contribution < -0.4 is 5.32 Å². The lowest BCUT2D eigenvalue weighted by atomic mass is 9.93. The molecule has 0 saturated carbocycles. The summed E-state index contributed by atoms with van der Waals surface area (Å²) in [5.74, 6) is -0.110. The molecule has 1 saturated heterocycles. The second-order valence-electron chi connectivity index (χ2n) is 4.08. The number of halogens is 1. The number of nitrogens with zero attached hydrogens (tertiary/aromatic N) is 1. The number of piperidine rings is 1. The summed E-state index contributed by atoms with van der Waals surface area (Å²) in [6, 6.07) is 3.59. The van der Waals surface area contributed by atoms with Gasteiger partial charge in [-0.3, -0.25) is 4.98 Å². The maximum atomic E-state index is 11.3. The first-order valence-electron chi connectivity index (χ1n) is 5.61. The summed E-state index contributed by atoms with van der Waals surface area (Å²) in [7, 11) is 1.36. The molecule has 1 aliphatic rings. The maximum Gasteiger partial charge on any atom is 0.339 e. The third-order valence-corrected chi connectivity index (χ3v) is 3.45. The van der Waals surface area contributed by atoms with Crippen molar-refractivity contribution in [2.45, 2.75) is 17.7 Å². The number of pyridine rings is 1. The molecular formula is C12H15ClN2O2. The second-order valence-corrected chi connectivity index (χ2v) is 4.64. The maximum absolute atomic E-state index is 11.3. The van der Waals surface area contributed by atoms with Crippen molar-refractivity contribution < 1.29 is 9.53 Å². The van der Waals surface area contributed by atoms with Crippen LogP contribution in [0.4, 0.5) is 0 Å². The molecule has 1 fully saturated rings. The Labute approximate surface area is 105 Å². The van der Waals surface area contributed by atoms with Crippen molar-refractivity contribution in [3.63, 3.8) is 0 Å². The van der Waals surface area contributed by atoms with Crippen LogP contribution in [0.15, 0.2) is 18.3 Å². The quantitative estimate of drug-likeness (QED) is 0.643. The van der Waals surface area contributed by atoms with E-state index in [0.717, 1.165) is 25.2 Å². The van der Waals surface area contributed by atoms with Crippen LogP contribution in [0.25, 0.3) is 0 Å². The van der Waals surface area contributed by atoms with Crippen LogP contribution in [0.1, 0.15) is 28.4 Å². The monoisotopic (exact) mass is 254 g/mol. The third-order valence-electron chi connectivity index (χ3n) is 3.00. The van der Waals surface area contributed by atoms with Gasteiger partial charge in [-0.25, -0.2) is 4.79 Å². The normalized spacial score (nSPS) is 24.4. The first kappa shape index (κ1) is 12.3. The summed E-state index contributed by atoms with van der Waals surface area (Å²) < 4.78 is 4.63. The molecule has 2 rings (SSSR count). The predicted molar refractivity (Wildman–Crippen MR) is 65.4 cm³/mol. The molecule has 0 aromatic carbocycles. The van der Waals surface area contributed by atoms with Crippen molar-refractivity contribution in [1.29, 1.82) is 0 Å². The van der Waals surface area contributed by atoms with Gasteiger partial charge in [-0.15, -0.1) is 11.6 Å². The number of carbonyl (C=O) groups excluding carboxylic acids is 1. The average molecular weight is 255 g/mol. The largest absolute Gasteiger partial charge is 0.465 e. The van der Waals surface area contributed by atoms with Gasteiger partial charge in [0.15, 0.2) is 0 Å². The highest BCUT2D eigenvalue weighted by molar-refractivity contribution is 6.21. The summed E-state index contributed by atoms with van der Waals surface area (Å²) in [4.78, 5) is 15.6. The molecule has 1 N–H and O–H groups in total. The first-order chi connectivity index (χ1) is 8.22. The van der Waals surface area contributed by atoms with Crippen LogP contribution in [-0.2, 0) is 4.74 Å². The predicted octanol–water partition coefficient (Wildman–Crippen LogP) is 1.55. The summed E-state index contributed by atoms with van der Waals surface area (Å²) in [5.41, 5.74) is 1.41. The highest BCUT2D eigenvalue weighted by atomic mass is 35.5. The number of nitrogens with one attached hydrogen (secondary N) is 1. The van der Waals surface area contributed by atoms with Gasteiger partial charge in [0.05, 0.1) is 18.1 Å². The molecule has 5 heteroatoms. The fourth-order valence-corrected chi connectivity index (χ4v) is 2.38. The highest BCUT2D eigenvalue weighted by Gasteiger charge is 2.25. The Balaban J connectivity index is 2.14. The highest BCUT2D eigenvalue weighted by Crippen LogP contribution is 2.27. The number of alkyl halides is 1. The van der Waals surface area contributed by atoms with E-state index in [-0.39, 0.29) is 17.3 Å². The molecule has 0 radical (unpaired) electrons. The van der Waals surface area contributed by atoms with Gasteiger partial charge < -0.3 is 10.1 Å². The van der Waals surface area contributed by atoms with E-state index in [1.165, 1.54) is 7.11 Å². The molecule has 0 bridgehead atoms. The average Bonchev–Trinajstić information content (AvgIpc) is 2.39. The van der Waals surface area contributed by atoms with Gasteiger partial charge in [0.2, 0.25) is 0 Å². The van der Waals surface area contributed by atoms with Crippen LogP contribution in [0, 0.1) is 0 Å². The Bertz CT molecular complexity index is 394. The molecule has 2 unspecified atom stereocenters. The van der Waals surface area contributed by atoms with Crippen molar-refractivity contribution in [3.05, 3.63) is 29.6 Å². The van der Waals surface area contributed by atoms with Crippen LogP contribution in [-0.4, -0.2) is 36.5 Å². The van der Waals surface area contributed by atoms with Gasteiger partial charge >= 0.3 is 5.97 Å². The molecule has 92 valence electrons. The molecule has 1 aromatic rings. The summed E-state index contributed by atoms with van der Waals surface area (Å²) in [6.07, 6.45) is 2.52. The summed E-state index contributed by atoms with van der Waals surface area (Å²) in [6.45, 7) is 1.75. The van der Waals surface area contributed by atoms with Crippen molar-refractivity contribution in [1.82, 2.24) is 10.3 Å². The molecule has 0 amide bonds. The van der Waals surface area contributed by atoms with E-state index in [1.807, 2.05) is 6.07 Å². The van der Waals surface area contributed by atoms with Gasteiger partial charge in [-0.1, -0.05) is 0 Å². The molecule has 17 heavy (non-hydrogen) atoms. The van der Waals surface area contributed by atoms with Crippen molar-refractivity contribution in [2.24, 2.45) is 0 Å². The number of methoxy groups -OCH3 is 1. The molecular weight excluding hydrogens is 240 g/mol. The Hall–Kier alpha value is -1.13. The van der Waals surface area contributed by atoms with E-state index in [2.05, 4.69) is 15.0 Å². The van der Waals surface area contributed by atoms with E-state index < -0.39 is 0 Å². The van der Waals surface area contributed by atoms with Gasteiger partial charge in [0.25, 0.3) is 0 Å². The molecule has 4 nitrogen and oxygen atoms in total. The van der Waals surface area contributed by atoms with Crippen LogP contribution in [0.5, 0.6) is 0 Å². The van der Waals surface area contributed by atoms with Crippen LogP contribution in [0.2, 0.25) is 0 Å². The second kappa shape index (κ2) is 5.47. The van der Waals surface area contributed by atoms with E-state index in [9.17, 15) is 4.79 Å². The van der Waals surface area contributed by atoms with E-state index in [0.29, 0.717) is 5.56 Å². The smallest absolute Gasteiger partial charge is 0.339 e. The number of ether oxygens (including phenoxy) is 1. The number of hydrogen-bond acceptors (Lipinski definition) is 4. The molecule has 0 spiro atoms. The van der Waals surface area contributed by atoms with E-state index >= 15 is 0 Å². The lowest BCUT2D eigenvalue weighted by molar-refractivity contribution is 0.0600. The molecule has 2 atom stereocenters. The minimum atomic E-state index is -0.364. The molecule has 2 heterocycles. The molecule has 1 aromatic heterocycles. The SMILES string of the molecule is COC(=O)c1ccc(C2CCNCC2Cl)nc1.